The lowest BCUT2D eigenvalue weighted by molar-refractivity contribution is 0.894. The van der Waals surface area contributed by atoms with Crippen molar-refractivity contribution in [3.8, 4) is 29.0 Å². The lowest BCUT2D eigenvalue weighted by Gasteiger charge is -2.34. The molecule has 0 bridgehead atoms. The van der Waals surface area contributed by atoms with Gasteiger partial charge in [0.1, 0.15) is 0 Å². The maximum Gasteiger partial charge on any atom is 0.240 e. The van der Waals surface area contributed by atoms with E-state index < -0.39 is 16.1 Å². The number of rotatable bonds is 12. The third kappa shape index (κ3) is 8.11. The Kier molecular flexibility index (Phi) is 12.5. The van der Waals surface area contributed by atoms with E-state index in [1.807, 2.05) is 0 Å². The second-order valence-electron chi connectivity index (χ2n) is 23.0. The molecule has 0 spiro atoms. The molecule has 0 saturated carbocycles. The van der Waals surface area contributed by atoms with Crippen LogP contribution in [-0.4, -0.2) is 44.8 Å². The molecule has 0 fully saturated rings. The Morgan fingerprint density at radius 1 is 0.225 bits per heavy atom. The zero-order valence-corrected chi connectivity index (χ0v) is 50.5. The number of benzene rings is 13. The molecule has 6 nitrogen and oxygen atoms in total. The average Bonchev–Trinajstić information content (AvgIpc) is 1.67. The number of para-hydroxylation sites is 4. The first kappa shape index (κ1) is 52.1. The monoisotopic (exact) mass is 1170 g/mol. The van der Waals surface area contributed by atoms with E-state index in [9.17, 15) is 0 Å². The minimum absolute atomic E-state index is 0.527. The van der Waals surface area contributed by atoms with E-state index in [1.54, 1.807) is 0 Å². The van der Waals surface area contributed by atoms with Crippen molar-refractivity contribution >= 4 is 123 Å². The van der Waals surface area contributed by atoms with Crippen molar-refractivity contribution < 1.29 is 0 Å². The highest BCUT2D eigenvalue weighted by molar-refractivity contribution is 7.20. The smallest absolute Gasteiger partial charge is 0.240 e. The topological polar surface area (TPSA) is 53.5 Å². The van der Waals surface area contributed by atoms with Gasteiger partial charge in [0.15, 0.2) is 22.0 Å². The van der Waals surface area contributed by atoms with Gasteiger partial charge in [0.05, 0.1) is 33.1 Å². The molecule has 0 aliphatic carbocycles. The van der Waals surface area contributed by atoms with Gasteiger partial charge in [0, 0.05) is 43.6 Å². The highest BCUT2D eigenvalue weighted by atomic mass is 28.3. The van der Waals surface area contributed by atoms with Gasteiger partial charge in [0.25, 0.3) is 0 Å². The molecular formula is C81H56N6Si2. The first-order chi connectivity index (χ1) is 44.2. The molecule has 0 aliphatic heterocycles. The van der Waals surface area contributed by atoms with Gasteiger partial charge in [-0.1, -0.05) is 297 Å². The van der Waals surface area contributed by atoms with Gasteiger partial charge < -0.3 is 4.57 Å². The fourth-order valence-electron chi connectivity index (χ4n) is 14.7. The molecule has 0 aliphatic rings. The van der Waals surface area contributed by atoms with Crippen LogP contribution in [-0.2, 0) is 0 Å². The van der Waals surface area contributed by atoms with Crippen LogP contribution in [0.15, 0.2) is 340 Å². The Morgan fingerprint density at radius 3 is 1.03 bits per heavy atom. The van der Waals surface area contributed by atoms with Crippen molar-refractivity contribution in [1.29, 1.82) is 0 Å². The summed E-state index contributed by atoms with van der Waals surface area (Å²) in [5.41, 5.74) is 8.25. The van der Waals surface area contributed by atoms with Crippen molar-refractivity contribution in [2.75, 3.05) is 0 Å². The van der Waals surface area contributed by atoms with Gasteiger partial charge in [-0.3, -0.25) is 9.13 Å². The molecule has 0 saturated heterocycles. The van der Waals surface area contributed by atoms with Gasteiger partial charge in [-0.15, -0.1) is 0 Å². The Morgan fingerprint density at radius 2 is 0.573 bits per heavy atom. The maximum atomic E-state index is 5.71. The Labute approximate surface area is 517 Å². The molecule has 17 rings (SSSR count). The molecule has 4 aromatic heterocycles. The first-order valence-corrected chi connectivity index (χ1v) is 34.4. The van der Waals surface area contributed by atoms with E-state index in [2.05, 4.69) is 353 Å². The second-order valence-corrected chi connectivity index (χ2v) is 30.6. The van der Waals surface area contributed by atoms with Crippen LogP contribution in [0.1, 0.15) is 0 Å². The lowest BCUT2D eigenvalue weighted by atomic mass is 10.1. The number of nitrogens with zero attached hydrogens (tertiary/aromatic N) is 6. The fraction of sp³-hybridized carbons (Fsp3) is 0. The van der Waals surface area contributed by atoms with E-state index in [4.69, 9.17) is 15.0 Å². The van der Waals surface area contributed by atoms with Crippen molar-refractivity contribution in [2.24, 2.45) is 0 Å². The van der Waals surface area contributed by atoms with Gasteiger partial charge in [-0.25, -0.2) is 0 Å². The Balaban J connectivity index is 0.925. The first-order valence-electron chi connectivity index (χ1n) is 30.4. The third-order valence-electron chi connectivity index (χ3n) is 18.4. The molecule has 0 N–H and O–H groups in total. The number of hydrogen-bond acceptors (Lipinski definition) is 3. The van der Waals surface area contributed by atoms with Crippen LogP contribution in [0.2, 0.25) is 0 Å². The van der Waals surface area contributed by atoms with Gasteiger partial charge in [-0.2, -0.15) is 15.0 Å². The molecule has 0 atom stereocenters. The summed E-state index contributed by atoms with van der Waals surface area (Å²) in [6.07, 6.45) is 0. The largest absolute Gasteiger partial charge is 0.309 e. The molecule has 418 valence electrons. The maximum absolute atomic E-state index is 5.71. The molecule has 0 unspecified atom stereocenters. The molecular weight excluding hydrogens is 1110 g/mol. The van der Waals surface area contributed by atoms with Crippen LogP contribution in [0.3, 0.4) is 0 Å². The lowest BCUT2D eigenvalue weighted by Crippen LogP contribution is -2.74. The third-order valence-corrected chi connectivity index (χ3v) is 28.0. The summed E-state index contributed by atoms with van der Waals surface area (Å²) >= 11 is 0. The standard InChI is InChI=1S/C81H56N6Si2/c1-7-29-59(30-8-1)88(60-31-9-2-10-32-60,61-33-11-3-12-34-61)65-52-50-57(51-53-65)79-82-80(86-72-46-23-19-42-67(72)68-43-20-24-47-73(68)86)84-81(83-79)87-74-48-25-21-44-69(74)70-54-55-76-77(78(70)87)71-45-22-26-49-75(71)85(76)58-28-27-41-66(56-58)89(62-35-13-4-14-36-62,63-37-15-5-16-38-63)64-39-17-6-18-40-64/h1-56H. The highest BCUT2D eigenvalue weighted by Crippen LogP contribution is 2.42. The molecule has 13 aromatic carbocycles. The summed E-state index contributed by atoms with van der Waals surface area (Å²) in [5, 5.41) is 17.2. The number of hydrogen-bond donors (Lipinski definition) is 0. The Bertz CT molecular complexity index is 5230. The molecule has 4 heterocycles. The number of fused-ring (bicyclic) bond motifs is 10. The quantitative estimate of drug-likeness (QED) is 0.0905. The summed E-state index contributed by atoms with van der Waals surface area (Å²) in [4.78, 5) is 17.0. The van der Waals surface area contributed by atoms with Crippen LogP contribution in [0.5, 0.6) is 0 Å². The fourth-order valence-corrected chi connectivity index (χ4v) is 24.2. The summed E-state index contributed by atoms with van der Waals surface area (Å²) in [7, 11) is -5.74. The SMILES string of the molecule is c1ccc([Si](c2ccccc2)(c2ccccc2)c2ccc(-c3nc(-n4c5ccccc5c5ccccc54)nc(-n4c5ccccc5c5ccc6c(c7ccccc7n6-c6cccc([Si](c7ccccc7)(c7ccccc7)c7ccccc7)c6)c54)n3)cc2)cc1. The zero-order chi connectivity index (χ0) is 58.9. The zero-order valence-electron chi connectivity index (χ0n) is 48.5. The van der Waals surface area contributed by atoms with Crippen LogP contribution in [0.25, 0.3) is 94.4 Å². The van der Waals surface area contributed by atoms with Gasteiger partial charge in [0.2, 0.25) is 11.9 Å². The minimum Gasteiger partial charge on any atom is -0.309 e. The highest BCUT2D eigenvalue weighted by Gasteiger charge is 2.43. The van der Waals surface area contributed by atoms with Crippen molar-refractivity contribution in [1.82, 2.24) is 28.7 Å². The van der Waals surface area contributed by atoms with Crippen LogP contribution in [0, 0.1) is 0 Å². The van der Waals surface area contributed by atoms with E-state index in [0.717, 1.165) is 76.7 Å². The summed E-state index contributed by atoms with van der Waals surface area (Å²) in [6, 6.07) is 125. The average molecular weight is 1170 g/mol. The van der Waals surface area contributed by atoms with Gasteiger partial charge in [-0.05, 0) is 84.0 Å². The summed E-state index contributed by atoms with van der Waals surface area (Å²) in [6.45, 7) is 0. The van der Waals surface area contributed by atoms with Crippen molar-refractivity contribution in [2.45, 2.75) is 0 Å². The predicted molar refractivity (Wildman–Crippen MR) is 376 cm³/mol. The van der Waals surface area contributed by atoms with E-state index in [1.165, 1.54) is 41.5 Å². The van der Waals surface area contributed by atoms with Crippen LogP contribution in [0.4, 0.5) is 0 Å². The van der Waals surface area contributed by atoms with Crippen LogP contribution >= 0.6 is 0 Å². The molecule has 0 radical (unpaired) electrons. The van der Waals surface area contributed by atoms with Crippen molar-refractivity contribution in [3.63, 3.8) is 0 Å². The number of aromatic nitrogens is 6. The molecule has 8 heteroatoms. The molecule has 89 heavy (non-hydrogen) atoms. The second kappa shape index (κ2) is 21.3. The predicted octanol–water partition coefficient (Wildman–Crippen LogP) is 13.6. The summed E-state index contributed by atoms with van der Waals surface area (Å²) < 4.78 is 7.01. The van der Waals surface area contributed by atoms with Gasteiger partial charge >= 0.3 is 0 Å². The van der Waals surface area contributed by atoms with Crippen molar-refractivity contribution in [3.05, 3.63) is 340 Å². The molecule has 0 amide bonds. The molecule has 17 aromatic rings. The van der Waals surface area contributed by atoms with Crippen LogP contribution < -0.4 is 41.5 Å². The summed E-state index contributed by atoms with van der Waals surface area (Å²) in [5.74, 6) is 1.64. The Hall–Kier alpha value is -11.3. The van der Waals surface area contributed by atoms with E-state index in [-0.39, 0.29) is 0 Å². The van der Waals surface area contributed by atoms with E-state index >= 15 is 0 Å². The normalized spacial score (nSPS) is 12.0. The minimum atomic E-state index is -2.89. The van der Waals surface area contributed by atoms with E-state index in [0.29, 0.717) is 17.7 Å².